The Balaban J connectivity index is 2.06. The van der Waals surface area contributed by atoms with Crippen molar-refractivity contribution < 1.29 is 10.2 Å². The number of aliphatic hydroxyl groups excluding tert-OH is 2. The third-order valence-electron chi connectivity index (χ3n) is 5.42. The van der Waals surface area contributed by atoms with Gasteiger partial charge in [0.25, 0.3) is 5.78 Å². The number of hydrogen-bond donors (Lipinski definition) is 2. The summed E-state index contributed by atoms with van der Waals surface area (Å²) in [5, 5.41) is 23.6. The minimum Gasteiger partial charge on any atom is -0.395 e. The summed E-state index contributed by atoms with van der Waals surface area (Å²) in [6, 6.07) is 1.99. The molecule has 150 valence electrons. The Morgan fingerprint density at radius 1 is 1.00 bits per heavy atom. The van der Waals surface area contributed by atoms with Crippen molar-refractivity contribution in [2.75, 3.05) is 49.2 Å². The summed E-state index contributed by atoms with van der Waals surface area (Å²) >= 11 is 0. The molecule has 0 unspecified atom stereocenters. The van der Waals surface area contributed by atoms with Crippen LogP contribution in [-0.4, -0.2) is 69.2 Å². The van der Waals surface area contributed by atoms with Crippen LogP contribution in [0.5, 0.6) is 0 Å². The lowest BCUT2D eigenvalue weighted by Crippen LogP contribution is -2.32. The normalized spacial score (nSPS) is 15.4. The maximum atomic E-state index is 9.39. The molecule has 3 rings (SSSR count). The minimum absolute atomic E-state index is 0.00742. The third kappa shape index (κ3) is 4.32. The van der Waals surface area contributed by atoms with Gasteiger partial charge in [-0.3, -0.25) is 0 Å². The van der Waals surface area contributed by atoms with E-state index in [0.717, 1.165) is 43.4 Å². The van der Waals surface area contributed by atoms with Gasteiger partial charge in [0.15, 0.2) is 5.82 Å². The second-order valence-corrected chi connectivity index (χ2v) is 7.10. The average molecular weight is 377 g/mol. The predicted molar refractivity (Wildman–Crippen MR) is 107 cm³/mol. The lowest BCUT2D eigenvalue weighted by Gasteiger charge is -2.26. The first kappa shape index (κ1) is 19.8. The molecule has 0 bridgehead atoms. The molecule has 27 heavy (non-hydrogen) atoms. The first-order valence-electron chi connectivity index (χ1n) is 10.2. The first-order valence-corrected chi connectivity index (χ1v) is 10.2. The van der Waals surface area contributed by atoms with Gasteiger partial charge >= 0.3 is 0 Å². The van der Waals surface area contributed by atoms with Crippen LogP contribution in [0.15, 0.2) is 6.07 Å². The molecule has 1 fully saturated rings. The lowest BCUT2D eigenvalue weighted by atomic mass is 9.89. The smallest absolute Gasteiger partial charge is 0.256 e. The fourth-order valence-electron chi connectivity index (χ4n) is 3.91. The van der Waals surface area contributed by atoms with Crippen molar-refractivity contribution in [1.82, 2.24) is 19.6 Å². The molecule has 1 aliphatic rings. The Hall–Kier alpha value is -1.93. The van der Waals surface area contributed by atoms with Crippen molar-refractivity contribution in [3.8, 4) is 0 Å². The van der Waals surface area contributed by atoms with Gasteiger partial charge in [-0.1, -0.05) is 19.3 Å². The van der Waals surface area contributed by atoms with E-state index in [1.807, 2.05) is 15.5 Å². The summed E-state index contributed by atoms with van der Waals surface area (Å²) in [4.78, 5) is 13.6. The van der Waals surface area contributed by atoms with Crippen molar-refractivity contribution in [3.63, 3.8) is 0 Å². The molecule has 0 amide bonds. The minimum atomic E-state index is 0.00742. The van der Waals surface area contributed by atoms with Crippen LogP contribution < -0.4 is 9.80 Å². The molecule has 2 heterocycles. The molecule has 0 aliphatic heterocycles. The molecule has 0 spiro atoms. The average Bonchev–Trinajstić information content (AvgIpc) is 3.13. The molecule has 0 saturated heterocycles. The van der Waals surface area contributed by atoms with Crippen LogP contribution in [0.3, 0.4) is 0 Å². The van der Waals surface area contributed by atoms with Crippen molar-refractivity contribution in [2.24, 2.45) is 0 Å². The summed E-state index contributed by atoms with van der Waals surface area (Å²) in [6.45, 7) is 6.81. The number of hydrogen-bond acceptors (Lipinski definition) is 7. The summed E-state index contributed by atoms with van der Waals surface area (Å²) in [5.41, 5.74) is 0. The Kier molecular flexibility index (Phi) is 6.84. The zero-order valence-corrected chi connectivity index (χ0v) is 16.5. The molecular weight excluding hydrogens is 344 g/mol. The number of aliphatic hydroxyl groups is 2. The Labute approximate surface area is 160 Å². The molecule has 1 saturated carbocycles. The quantitative estimate of drug-likeness (QED) is 0.690. The highest BCUT2D eigenvalue weighted by atomic mass is 16.3. The highest BCUT2D eigenvalue weighted by Crippen LogP contribution is 2.32. The molecule has 8 nitrogen and oxygen atoms in total. The molecular formula is C19H32N6O2. The van der Waals surface area contributed by atoms with E-state index in [9.17, 15) is 10.2 Å². The summed E-state index contributed by atoms with van der Waals surface area (Å²) in [7, 11) is 0. The fourth-order valence-corrected chi connectivity index (χ4v) is 3.91. The van der Waals surface area contributed by atoms with E-state index in [1.165, 1.54) is 19.3 Å². The van der Waals surface area contributed by atoms with Crippen LogP contribution in [0.2, 0.25) is 0 Å². The second kappa shape index (κ2) is 9.32. The van der Waals surface area contributed by atoms with Gasteiger partial charge < -0.3 is 20.0 Å². The summed E-state index contributed by atoms with van der Waals surface area (Å²) < 4.78 is 1.86. The van der Waals surface area contributed by atoms with Crippen molar-refractivity contribution in [3.05, 3.63) is 11.9 Å². The van der Waals surface area contributed by atoms with Gasteiger partial charge in [-0.15, -0.1) is 5.10 Å². The monoisotopic (exact) mass is 376 g/mol. The van der Waals surface area contributed by atoms with E-state index in [2.05, 4.69) is 18.7 Å². The SMILES string of the molecule is CCN(CC)c1cc(N(CCO)CCO)nc2nc(C3CCCCC3)nn12. The van der Waals surface area contributed by atoms with Crippen LogP contribution in [0.25, 0.3) is 5.78 Å². The molecule has 1 aliphatic carbocycles. The van der Waals surface area contributed by atoms with Crippen molar-refractivity contribution >= 4 is 17.4 Å². The van der Waals surface area contributed by atoms with Crippen molar-refractivity contribution in [1.29, 1.82) is 0 Å². The van der Waals surface area contributed by atoms with E-state index >= 15 is 0 Å². The lowest BCUT2D eigenvalue weighted by molar-refractivity contribution is 0.280. The van der Waals surface area contributed by atoms with Gasteiger partial charge in [0.2, 0.25) is 0 Å². The van der Waals surface area contributed by atoms with Crippen LogP contribution in [0.4, 0.5) is 11.6 Å². The Morgan fingerprint density at radius 3 is 2.26 bits per heavy atom. The second-order valence-electron chi connectivity index (χ2n) is 7.10. The van der Waals surface area contributed by atoms with E-state index in [0.29, 0.717) is 24.8 Å². The first-order chi connectivity index (χ1) is 13.2. The maximum Gasteiger partial charge on any atom is 0.256 e. The number of rotatable bonds is 9. The summed E-state index contributed by atoms with van der Waals surface area (Å²) in [5.74, 6) is 3.57. The zero-order valence-electron chi connectivity index (χ0n) is 16.5. The molecule has 2 aromatic rings. The maximum absolute atomic E-state index is 9.39. The van der Waals surface area contributed by atoms with Gasteiger partial charge in [0.05, 0.1) is 13.2 Å². The van der Waals surface area contributed by atoms with Crippen LogP contribution >= 0.6 is 0 Å². The molecule has 2 N–H and O–H groups in total. The van der Waals surface area contributed by atoms with Crippen LogP contribution in [0, 0.1) is 0 Å². The van der Waals surface area contributed by atoms with Gasteiger partial charge in [-0.05, 0) is 26.7 Å². The number of anilines is 2. The van der Waals surface area contributed by atoms with E-state index < -0.39 is 0 Å². The third-order valence-corrected chi connectivity index (χ3v) is 5.42. The molecule has 0 radical (unpaired) electrons. The number of nitrogens with zero attached hydrogens (tertiary/aromatic N) is 6. The largest absolute Gasteiger partial charge is 0.395 e. The summed E-state index contributed by atoms with van der Waals surface area (Å²) in [6.07, 6.45) is 6.07. The standard InChI is InChI=1S/C19H32N6O2/c1-3-23(4-2)17-14-16(24(10-12-26)11-13-27)20-19-21-18(22-25(17)19)15-8-6-5-7-9-15/h14-15,26-27H,3-13H2,1-2H3. The van der Waals surface area contributed by atoms with E-state index in [-0.39, 0.29) is 13.2 Å². The van der Waals surface area contributed by atoms with Gasteiger partial charge in [-0.2, -0.15) is 14.5 Å². The van der Waals surface area contributed by atoms with Gasteiger partial charge in [0, 0.05) is 38.2 Å². The highest BCUT2D eigenvalue weighted by molar-refractivity contribution is 5.57. The molecule has 8 heteroatoms. The molecule has 0 aromatic carbocycles. The Morgan fingerprint density at radius 2 is 1.67 bits per heavy atom. The highest BCUT2D eigenvalue weighted by Gasteiger charge is 2.23. The topological polar surface area (TPSA) is 90.0 Å². The fraction of sp³-hybridized carbons (Fsp3) is 0.737. The number of fused-ring (bicyclic) bond motifs is 1. The van der Waals surface area contributed by atoms with Gasteiger partial charge in [-0.25, -0.2) is 0 Å². The van der Waals surface area contributed by atoms with Crippen molar-refractivity contribution in [2.45, 2.75) is 51.9 Å². The van der Waals surface area contributed by atoms with E-state index in [1.54, 1.807) is 0 Å². The van der Waals surface area contributed by atoms with E-state index in [4.69, 9.17) is 15.1 Å². The van der Waals surface area contributed by atoms with Gasteiger partial charge in [0.1, 0.15) is 11.6 Å². The molecule has 0 atom stereocenters. The van der Waals surface area contributed by atoms with Crippen LogP contribution in [-0.2, 0) is 0 Å². The van der Waals surface area contributed by atoms with Crippen LogP contribution in [0.1, 0.15) is 57.7 Å². The molecule has 2 aromatic heterocycles. The zero-order chi connectivity index (χ0) is 19.2. The Bertz CT molecular complexity index is 718. The number of aromatic nitrogens is 4. The predicted octanol–water partition coefficient (Wildman–Crippen LogP) is 1.81.